The second-order valence-corrected chi connectivity index (χ2v) is 15.7. The molecule has 0 bridgehead atoms. The van der Waals surface area contributed by atoms with Gasteiger partial charge in [0, 0.05) is 0 Å². The van der Waals surface area contributed by atoms with Crippen molar-refractivity contribution in [3.05, 3.63) is 66.8 Å². The first-order chi connectivity index (χ1) is 13.7. The third-order valence-corrected chi connectivity index (χ3v) is 13.6. The normalized spacial score (nSPS) is 11.6. The third kappa shape index (κ3) is 8.98. The second-order valence-electron chi connectivity index (χ2n) is 7.82. The predicted octanol–water partition coefficient (Wildman–Crippen LogP) is 9.57. The van der Waals surface area contributed by atoms with Crippen LogP contribution in [0.15, 0.2) is 48.5 Å². The SMILES string of the molecule is CCCCCCCc1ccc(I(Br)c2ccc(CCCCCCC)cc2)cc1. The van der Waals surface area contributed by atoms with Gasteiger partial charge >= 0.3 is 188 Å². The molecule has 0 fully saturated rings. The van der Waals surface area contributed by atoms with Gasteiger partial charge in [-0.05, 0) is 0 Å². The van der Waals surface area contributed by atoms with Crippen molar-refractivity contribution >= 4 is 30.3 Å². The Morgan fingerprint density at radius 1 is 0.536 bits per heavy atom. The topological polar surface area (TPSA) is 0 Å². The van der Waals surface area contributed by atoms with Crippen molar-refractivity contribution in [2.24, 2.45) is 0 Å². The van der Waals surface area contributed by atoms with Crippen LogP contribution in [0, 0.1) is 7.14 Å². The summed E-state index contributed by atoms with van der Waals surface area (Å²) in [5.74, 6) is 0. The van der Waals surface area contributed by atoms with Crippen molar-refractivity contribution in [2.75, 3.05) is 0 Å². The molecule has 0 spiro atoms. The monoisotopic (exact) mass is 556 g/mol. The summed E-state index contributed by atoms with van der Waals surface area (Å²) in [5.41, 5.74) is 2.99. The van der Waals surface area contributed by atoms with Gasteiger partial charge in [-0.25, -0.2) is 0 Å². The summed E-state index contributed by atoms with van der Waals surface area (Å²) in [6.45, 7) is 4.56. The Balaban J connectivity index is 1.79. The van der Waals surface area contributed by atoms with Crippen LogP contribution in [0.3, 0.4) is 0 Å². The minimum atomic E-state index is -1.43. The number of hydrogen-bond donors (Lipinski definition) is 0. The summed E-state index contributed by atoms with van der Waals surface area (Å²) < 4.78 is 3.01. The molecule has 2 rings (SSSR count). The minimum absolute atomic E-state index is 1.23. The molecule has 0 unspecified atom stereocenters. The molecule has 2 heteroatoms. The molecule has 0 aliphatic rings. The van der Waals surface area contributed by atoms with Gasteiger partial charge in [-0.1, -0.05) is 0 Å². The van der Waals surface area contributed by atoms with Gasteiger partial charge in [0.1, 0.15) is 0 Å². The van der Waals surface area contributed by atoms with Crippen molar-refractivity contribution in [1.82, 2.24) is 0 Å². The van der Waals surface area contributed by atoms with Crippen molar-refractivity contribution in [2.45, 2.75) is 90.9 Å². The van der Waals surface area contributed by atoms with E-state index in [1.807, 2.05) is 0 Å². The van der Waals surface area contributed by atoms with Gasteiger partial charge in [-0.15, -0.1) is 0 Å². The molecule has 0 saturated carbocycles. The predicted molar refractivity (Wildman–Crippen MR) is 138 cm³/mol. The molecule has 0 aliphatic carbocycles. The molecule has 0 nitrogen and oxygen atoms in total. The molecule has 0 aliphatic heterocycles. The van der Waals surface area contributed by atoms with Crippen LogP contribution >= 0.6 is 30.3 Å². The Labute approximate surface area is 187 Å². The van der Waals surface area contributed by atoms with Crippen molar-refractivity contribution in [1.29, 1.82) is 0 Å². The maximum atomic E-state index is 4.06. The van der Waals surface area contributed by atoms with E-state index in [2.05, 4.69) is 75.1 Å². The van der Waals surface area contributed by atoms with Gasteiger partial charge in [-0.3, -0.25) is 0 Å². The average molecular weight is 557 g/mol. The molecule has 2 aromatic rings. The zero-order valence-corrected chi connectivity index (χ0v) is 21.6. The zero-order valence-electron chi connectivity index (χ0n) is 17.9. The van der Waals surface area contributed by atoms with E-state index in [1.54, 1.807) is 0 Å². The van der Waals surface area contributed by atoms with Crippen LogP contribution in [0.1, 0.15) is 89.2 Å². The van der Waals surface area contributed by atoms with Crippen LogP contribution in [-0.2, 0) is 12.8 Å². The molecule has 156 valence electrons. The molecular formula is C26H38BrI. The van der Waals surface area contributed by atoms with E-state index in [9.17, 15) is 0 Å². The van der Waals surface area contributed by atoms with E-state index in [-0.39, 0.29) is 0 Å². The number of hydrogen-bond acceptors (Lipinski definition) is 0. The van der Waals surface area contributed by atoms with Crippen LogP contribution < -0.4 is 0 Å². The Kier molecular flexibility index (Phi) is 12.5. The molecule has 28 heavy (non-hydrogen) atoms. The summed E-state index contributed by atoms with van der Waals surface area (Å²) in [6.07, 6.45) is 16.1. The van der Waals surface area contributed by atoms with Crippen LogP contribution in [0.5, 0.6) is 0 Å². The van der Waals surface area contributed by atoms with E-state index in [4.69, 9.17) is 0 Å². The van der Waals surface area contributed by atoms with Gasteiger partial charge in [0.2, 0.25) is 0 Å². The molecule has 0 N–H and O–H groups in total. The number of benzene rings is 2. The first kappa shape index (κ1) is 23.9. The van der Waals surface area contributed by atoms with Gasteiger partial charge in [-0.2, -0.15) is 0 Å². The first-order valence-electron chi connectivity index (χ1n) is 11.3. The van der Waals surface area contributed by atoms with Crippen LogP contribution in [-0.4, -0.2) is 0 Å². The molecule has 0 atom stereocenters. The second kappa shape index (κ2) is 14.6. The molecule has 0 heterocycles. The Morgan fingerprint density at radius 3 is 1.25 bits per heavy atom. The summed E-state index contributed by atoms with van der Waals surface area (Å²) in [6, 6.07) is 18.9. The van der Waals surface area contributed by atoms with Crippen molar-refractivity contribution in [3.63, 3.8) is 0 Å². The van der Waals surface area contributed by atoms with E-state index in [0.29, 0.717) is 0 Å². The third-order valence-electron chi connectivity index (χ3n) is 5.35. The van der Waals surface area contributed by atoms with Crippen LogP contribution in [0.2, 0.25) is 0 Å². The molecule has 0 saturated heterocycles. The van der Waals surface area contributed by atoms with Gasteiger partial charge in [0.15, 0.2) is 0 Å². The number of aryl methyl sites for hydroxylation is 2. The van der Waals surface area contributed by atoms with Crippen molar-refractivity contribution < 1.29 is 0 Å². The molecule has 0 amide bonds. The number of rotatable bonds is 14. The number of unbranched alkanes of at least 4 members (excludes halogenated alkanes) is 8. The summed E-state index contributed by atoms with van der Waals surface area (Å²) in [7, 11) is 0. The number of halogens is 2. The van der Waals surface area contributed by atoms with E-state index in [1.165, 1.54) is 95.3 Å². The van der Waals surface area contributed by atoms with Gasteiger partial charge < -0.3 is 0 Å². The Morgan fingerprint density at radius 2 is 0.893 bits per heavy atom. The fourth-order valence-corrected chi connectivity index (χ4v) is 8.90. The average Bonchev–Trinajstić information content (AvgIpc) is 2.74. The Bertz CT molecular complexity index is 575. The molecular weight excluding hydrogens is 519 g/mol. The van der Waals surface area contributed by atoms with Crippen LogP contribution in [0.4, 0.5) is 0 Å². The maximum absolute atomic E-state index is 4.06. The zero-order chi connectivity index (χ0) is 20.0. The standard InChI is InChI=1S/C26H38BrI/c1-3-5-7-9-11-13-23-15-19-25(20-16-23)28(27)26-21-17-24(18-22-26)14-12-10-8-6-4-2/h15-22H,3-14H2,1-2H3. The fourth-order valence-electron chi connectivity index (χ4n) is 3.51. The Hall–Kier alpha value is -0.350. The fraction of sp³-hybridized carbons (Fsp3) is 0.538. The van der Waals surface area contributed by atoms with Gasteiger partial charge in [0.05, 0.1) is 0 Å². The molecule has 0 radical (unpaired) electrons. The van der Waals surface area contributed by atoms with Crippen LogP contribution in [0.25, 0.3) is 0 Å². The van der Waals surface area contributed by atoms with E-state index in [0.717, 1.165) is 0 Å². The summed E-state index contributed by atoms with van der Waals surface area (Å²) in [4.78, 5) is 0. The summed E-state index contributed by atoms with van der Waals surface area (Å²) in [5, 5.41) is 0. The van der Waals surface area contributed by atoms with Crippen molar-refractivity contribution in [3.8, 4) is 0 Å². The first-order valence-corrected chi connectivity index (χ1v) is 18.3. The van der Waals surface area contributed by atoms with Gasteiger partial charge in [0.25, 0.3) is 0 Å². The quantitative estimate of drug-likeness (QED) is 0.160. The molecule has 0 aromatic heterocycles. The summed E-state index contributed by atoms with van der Waals surface area (Å²) >= 11 is 2.64. The van der Waals surface area contributed by atoms with E-state index < -0.39 is 17.6 Å². The molecule has 2 aromatic carbocycles. The van der Waals surface area contributed by atoms with E-state index >= 15 is 0 Å².